The van der Waals surface area contributed by atoms with Gasteiger partial charge in [0, 0.05) is 33.0 Å². The molecule has 1 N–H and O–H groups in total. The van der Waals surface area contributed by atoms with Crippen LogP contribution in [0.4, 0.5) is 5.69 Å². The quantitative estimate of drug-likeness (QED) is 0.421. The van der Waals surface area contributed by atoms with E-state index in [1.54, 1.807) is 18.2 Å². The van der Waals surface area contributed by atoms with Crippen LogP contribution in [0.2, 0.25) is 5.02 Å². The fraction of sp³-hybridized carbons (Fsp3) is 0.0909. The average molecular weight is 500 g/mol. The highest BCUT2D eigenvalue weighted by molar-refractivity contribution is 9.10. The number of hydrogen-bond acceptors (Lipinski definition) is 5. The standard InChI is InChI=1S/C22H16BrClN4O3/c1-13-2-8-17(24)10-18(13)25-19(29)12-28-11-15(5-9-20(28)30)22-26-21(27-31-22)14-3-6-16(23)7-4-14/h2-11H,12H2,1H3,(H,25,29). The average Bonchev–Trinajstić information content (AvgIpc) is 3.23. The zero-order chi connectivity index (χ0) is 22.0. The third-order valence-corrected chi connectivity index (χ3v) is 5.31. The van der Waals surface area contributed by atoms with Gasteiger partial charge in [-0.3, -0.25) is 9.59 Å². The van der Waals surface area contributed by atoms with Crippen molar-refractivity contribution in [1.82, 2.24) is 14.7 Å². The summed E-state index contributed by atoms with van der Waals surface area (Å²) in [5.74, 6) is 0.317. The maximum absolute atomic E-state index is 12.5. The first kappa shape index (κ1) is 21.0. The summed E-state index contributed by atoms with van der Waals surface area (Å²) in [5, 5.41) is 7.29. The van der Waals surface area contributed by atoms with E-state index in [0.717, 1.165) is 15.6 Å². The number of anilines is 1. The number of hydrogen-bond donors (Lipinski definition) is 1. The molecule has 31 heavy (non-hydrogen) atoms. The van der Waals surface area contributed by atoms with Gasteiger partial charge in [0.05, 0.1) is 5.56 Å². The molecule has 2 aromatic carbocycles. The van der Waals surface area contributed by atoms with Crippen molar-refractivity contribution in [3.63, 3.8) is 0 Å². The Bertz CT molecular complexity index is 1320. The number of pyridine rings is 1. The molecule has 2 heterocycles. The molecule has 0 saturated heterocycles. The summed E-state index contributed by atoms with van der Waals surface area (Å²) >= 11 is 9.38. The number of nitrogens with one attached hydrogen (secondary N) is 1. The van der Waals surface area contributed by atoms with Crippen LogP contribution < -0.4 is 10.9 Å². The summed E-state index contributed by atoms with van der Waals surface area (Å²) in [6.45, 7) is 1.68. The molecule has 0 radical (unpaired) electrons. The van der Waals surface area contributed by atoms with E-state index < -0.39 is 0 Å². The summed E-state index contributed by atoms with van der Waals surface area (Å²) < 4.78 is 7.58. The highest BCUT2D eigenvalue weighted by Crippen LogP contribution is 2.23. The SMILES string of the molecule is Cc1ccc(Cl)cc1NC(=O)Cn1cc(-c2nc(-c3ccc(Br)cc3)no2)ccc1=O. The number of halogens is 2. The summed E-state index contributed by atoms with van der Waals surface area (Å²) in [4.78, 5) is 29.1. The van der Waals surface area contributed by atoms with E-state index in [0.29, 0.717) is 22.1 Å². The van der Waals surface area contributed by atoms with Crippen LogP contribution in [-0.2, 0) is 11.3 Å². The van der Waals surface area contributed by atoms with E-state index in [9.17, 15) is 9.59 Å². The minimum absolute atomic E-state index is 0.174. The van der Waals surface area contributed by atoms with E-state index in [2.05, 4.69) is 31.4 Å². The van der Waals surface area contributed by atoms with Crippen LogP contribution in [0, 0.1) is 6.92 Å². The zero-order valence-corrected chi connectivity index (χ0v) is 18.6. The molecule has 2 aromatic heterocycles. The number of carbonyl (C=O) groups excluding carboxylic acids is 1. The first-order valence-electron chi connectivity index (χ1n) is 9.25. The number of nitrogens with zero attached hydrogens (tertiary/aromatic N) is 3. The van der Waals surface area contributed by atoms with Crippen molar-refractivity contribution in [3.05, 3.63) is 86.2 Å². The maximum atomic E-state index is 12.5. The molecule has 0 saturated carbocycles. The highest BCUT2D eigenvalue weighted by atomic mass is 79.9. The van der Waals surface area contributed by atoms with Crippen molar-refractivity contribution in [1.29, 1.82) is 0 Å². The number of rotatable bonds is 5. The third-order valence-electron chi connectivity index (χ3n) is 4.55. The number of carbonyl (C=O) groups is 1. The molecule has 0 bridgehead atoms. The molecular weight excluding hydrogens is 484 g/mol. The molecular formula is C22H16BrClN4O3. The smallest absolute Gasteiger partial charge is 0.259 e. The molecule has 1 amide bonds. The molecule has 4 rings (SSSR count). The van der Waals surface area contributed by atoms with Gasteiger partial charge >= 0.3 is 0 Å². The predicted octanol–water partition coefficient (Wildman–Crippen LogP) is 4.93. The van der Waals surface area contributed by atoms with Crippen molar-refractivity contribution < 1.29 is 9.32 Å². The molecule has 7 nitrogen and oxygen atoms in total. The number of aromatic nitrogens is 3. The van der Waals surface area contributed by atoms with Gasteiger partial charge in [-0.25, -0.2) is 0 Å². The lowest BCUT2D eigenvalue weighted by molar-refractivity contribution is -0.116. The molecule has 0 fully saturated rings. The molecule has 0 aliphatic heterocycles. The Morgan fingerprint density at radius 3 is 2.65 bits per heavy atom. The van der Waals surface area contributed by atoms with Gasteiger partial charge in [0.2, 0.25) is 11.7 Å². The minimum atomic E-state index is -0.356. The summed E-state index contributed by atoms with van der Waals surface area (Å²) in [5.41, 5.74) is 2.46. The Balaban J connectivity index is 1.55. The molecule has 0 aliphatic rings. The van der Waals surface area contributed by atoms with Gasteiger partial charge < -0.3 is 14.4 Å². The van der Waals surface area contributed by atoms with E-state index >= 15 is 0 Å². The Hall–Kier alpha value is -3.23. The normalized spacial score (nSPS) is 10.8. The first-order chi connectivity index (χ1) is 14.9. The zero-order valence-electron chi connectivity index (χ0n) is 16.3. The predicted molar refractivity (Wildman–Crippen MR) is 122 cm³/mol. The fourth-order valence-corrected chi connectivity index (χ4v) is 3.35. The largest absolute Gasteiger partial charge is 0.334 e. The number of aryl methyl sites for hydroxylation is 1. The van der Waals surface area contributed by atoms with Crippen molar-refractivity contribution in [2.45, 2.75) is 13.5 Å². The number of amides is 1. The Kier molecular flexibility index (Phi) is 6.01. The van der Waals surface area contributed by atoms with Gasteiger partial charge in [0.1, 0.15) is 6.54 Å². The van der Waals surface area contributed by atoms with Crippen molar-refractivity contribution in [2.75, 3.05) is 5.32 Å². The lowest BCUT2D eigenvalue weighted by atomic mass is 10.2. The van der Waals surface area contributed by atoms with E-state index in [-0.39, 0.29) is 23.9 Å². The van der Waals surface area contributed by atoms with E-state index in [1.807, 2.05) is 37.3 Å². The lowest BCUT2D eigenvalue weighted by Gasteiger charge is -2.10. The Morgan fingerprint density at radius 1 is 1.13 bits per heavy atom. The monoisotopic (exact) mass is 498 g/mol. The van der Waals surface area contributed by atoms with Crippen LogP contribution >= 0.6 is 27.5 Å². The molecule has 0 unspecified atom stereocenters. The first-order valence-corrected chi connectivity index (χ1v) is 10.4. The van der Waals surface area contributed by atoms with Crippen LogP contribution in [0.3, 0.4) is 0 Å². The second kappa shape index (κ2) is 8.87. The van der Waals surface area contributed by atoms with E-state index in [4.69, 9.17) is 16.1 Å². The molecule has 156 valence electrons. The van der Waals surface area contributed by atoms with Crippen molar-refractivity contribution in [2.24, 2.45) is 0 Å². The number of benzene rings is 2. The summed E-state index contributed by atoms with van der Waals surface area (Å²) in [7, 11) is 0. The molecule has 4 aromatic rings. The van der Waals surface area contributed by atoms with E-state index in [1.165, 1.54) is 16.8 Å². The second-order valence-corrected chi connectivity index (χ2v) is 8.17. The Labute approximate surface area is 190 Å². The van der Waals surface area contributed by atoms with Crippen LogP contribution in [0.25, 0.3) is 22.8 Å². The van der Waals surface area contributed by atoms with Gasteiger partial charge in [-0.05, 0) is 55.0 Å². The summed E-state index contributed by atoms with van der Waals surface area (Å²) in [6, 6.07) is 15.6. The Morgan fingerprint density at radius 2 is 1.87 bits per heavy atom. The molecule has 0 aliphatic carbocycles. The van der Waals surface area contributed by atoms with Crippen LogP contribution in [0.1, 0.15) is 5.56 Å². The maximum Gasteiger partial charge on any atom is 0.259 e. The van der Waals surface area contributed by atoms with Gasteiger partial charge in [0.25, 0.3) is 11.4 Å². The van der Waals surface area contributed by atoms with Crippen molar-refractivity contribution in [3.8, 4) is 22.8 Å². The second-order valence-electron chi connectivity index (χ2n) is 6.82. The van der Waals surface area contributed by atoms with Gasteiger partial charge in [-0.2, -0.15) is 4.98 Å². The lowest BCUT2D eigenvalue weighted by Crippen LogP contribution is -2.27. The summed E-state index contributed by atoms with van der Waals surface area (Å²) in [6.07, 6.45) is 1.52. The molecule has 0 atom stereocenters. The minimum Gasteiger partial charge on any atom is -0.334 e. The van der Waals surface area contributed by atoms with Gasteiger partial charge in [0.15, 0.2) is 0 Å². The molecule has 0 spiro atoms. The third kappa shape index (κ3) is 4.92. The highest BCUT2D eigenvalue weighted by Gasteiger charge is 2.13. The topological polar surface area (TPSA) is 90.0 Å². The van der Waals surface area contributed by atoms with Gasteiger partial charge in [-0.1, -0.05) is 38.8 Å². The van der Waals surface area contributed by atoms with Crippen LogP contribution in [0.15, 0.2) is 74.6 Å². The van der Waals surface area contributed by atoms with Crippen LogP contribution in [0.5, 0.6) is 0 Å². The van der Waals surface area contributed by atoms with Crippen LogP contribution in [-0.4, -0.2) is 20.6 Å². The fourth-order valence-electron chi connectivity index (χ4n) is 2.91. The van der Waals surface area contributed by atoms with Gasteiger partial charge in [-0.15, -0.1) is 0 Å². The molecule has 9 heteroatoms. The van der Waals surface area contributed by atoms with Crippen molar-refractivity contribution >= 4 is 39.1 Å².